The molecule has 150 valence electrons. The number of hydrogen-bond acceptors (Lipinski definition) is 2. The Morgan fingerprint density at radius 3 is 2.45 bits per heavy atom. The lowest BCUT2D eigenvalue weighted by Gasteiger charge is -2.23. The van der Waals surface area contributed by atoms with Gasteiger partial charge in [0.25, 0.3) is 5.91 Å². The molecule has 0 saturated carbocycles. The molecule has 1 amide bonds. The lowest BCUT2D eigenvalue weighted by molar-refractivity contribution is 0.0743. The summed E-state index contributed by atoms with van der Waals surface area (Å²) in [6.07, 6.45) is 1.58. The van der Waals surface area contributed by atoms with Crippen molar-refractivity contribution in [3.63, 3.8) is 0 Å². The Labute approximate surface area is 182 Å². The van der Waals surface area contributed by atoms with Crippen LogP contribution in [0.15, 0.2) is 60.7 Å². The van der Waals surface area contributed by atoms with E-state index in [0.29, 0.717) is 35.1 Å². The van der Waals surface area contributed by atoms with E-state index in [9.17, 15) is 4.79 Å². The van der Waals surface area contributed by atoms with Gasteiger partial charge in [0, 0.05) is 27.8 Å². The number of carbonyl (C=O) groups excluding carboxylic acids is 1. The molecule has 0 N–H and O–H groups in total. The molecule has 1 heterocycles. The van der Waals surface area contributed by atoms with E-state index in [4.69, 9.17) is 23.2 Å². The minimum absolute atomic E-state index is 0.0129. The lowest BCUT2D eigenvalue weighted by Crippen LogP contribution is -2.33. The molecule has 1 aromatic heterocycles. The minimum atomic E-state index is -0.0129. The third-order valence-corrected chi connectivity index (χ3v) is 5.45. The van der Waals surface area contributed by atoms with Gasteiger partial charge < -0.3 is 4.90 Å². The fourth-order valence-corrected chi connectivity index (χ4v) is 3.68. The Balaban J connectivity index is 1.82. The van der Waals surface area contributed by atoms with E-state index in [0.717, 1.165) is 23.4 Å². The number of carbonyl (C=O) groups is 1. The van der Waals surface area contributed by atoms with E-state index in [1.807, 2.05) is 66.4 Å². The second-order valence-corrected chi connectivity index (χ2v) is 7.88. The first-order chi connectivity index (χ1) is 14.0. The fraction of sp³-hybridized carbons (Fsp3) is 0.250. The molecule has 0 radical (unpaired) electrons. The zero-order chi connectivity index (χ0) is 20.8. The van der Waals surface area contributed by atoms with Gasteiger partial charge in [-0.05, 0) is 67.3 Å². The van der Waals surface area contributed by atoms with Gasteiger partial charge in [-0.1, -0.05) is 54.4 Å². The maximum absolute atomic E-state index is 13.2. The van der Waals surface area contributed by atoms with Gasteiger partial charge in [-0.25, -0.2) is 0 Å². The molecule has 0 saturated heterocycles. The zero-order valence-electron chi connectivity index (χ0n) is 16.7. The van der Waals surface area contributed by atoms with Crippen LogP contribution in [0.1, 0.15) is 39.8 Å². The number of hydrogen-bond donors (Lipinski definition) is 0. The van der Waals surface area contributed by atoms with Crippen molar-refractivity contribution in [2.45, 2.75) is 33.2 Å². The summed E-state index contributed by atoms with van der Waals surface area (Å²) in [6, 6.07) is 19.1. The molecule has 3 nitrogen and oxygen atoms in total. The second kappa shape index (κ2) is 9.91. The third kappa shape index (κ3) is 5.81. The van der Waals surface area contributed by atoms with Crippen molar-refractivity contribution < 1.29 is 4.79 Å². The number of nitrogens with zero attached hydrogens (tertiary/aromatic N) is 2. The van der Waals surface area contributed by atoms with Gasteiger partial charge in [-0.3, -0.25) is 9.78 Å². The number of rotatable bonds is 7. The highest BCUT2D eigenvalue weighted by Crippen LogP contribution is 2.22. The Morgan fingerprint density at radius 1 is 1.03 bits per heavy atom. The lowest BCUT2D eigenvalue weighted by atomic mass is 10.1. The van der Waals surface area contributed by atoms with Gasteiger partial charge in [0.2, 0.25) is 0 Å². The highest BCUT2D eigenvalue weighted by atomic mass is 35.5. The van der Waals surface area contributed by atoms with Crippen LogP contribution < -0.4 is 0 Å². The SMILES string of the molecule is CCc1ccc(C(=O)N(CCc2ccc(Cl)cc2Cl)Cc2cccc(C)n2)cc1. The minimum Gasteiger partial charge on any atom is -0.332 e. The van der Waals surface area contributed by atoms with Crippen LogP contribution in [0.25, 0.3) is 0 Å². The maximum Gasteiger partial charge on any atom is 0.254 e. The Bertz CT molecular complexity index is 986. The van der Waals surface area contributed by atoms with Crippen molar-refractivity contribution in [3.05, 3.63) is 98.8 Å². The van der Waals surface area contributed by atoms with Crippen LogP contribution >= 0.6 is 23.2 Å². The highest BCUT2D eigenvalue weighted by molar-refractivity contribution is 6.35. The molecule has 2 aromatic carbocycles. The van der Waals surface area contributed by atoms with Gasteiger partial charge in [0.1, 0.15) is 0 Å². The number of aromatic nitrogens is 1. The molecule has 0 unspecified atom stereocenters. The third-order valence-electron chi connectivity index (χ3n) is 4.86. The molecule has 0 bridgehead atoms. The molecule has 0 aliphatic heterocycles. The number of amides is 1. The van der Waals surface area contributed by atoms with Crippen LogP contribution in [-0.4, -0.2) is 22.3 Å². The molecule has 3 rings (SSSR count). The summed E-state index contributed by atoms with van der Waals surface area (Å²) in [6.45, 7) is 5.03. The van der Waals surface area contributed by atoms with E-state index < -0.39 is 0 Å². The Hall–Kier alpha value is -2.36. The predicted octanol–water partition coefficient (Wildman–Crippen LogP) is 6.14. The molecular formula is C24H24Cl2N2O. The summed E-state index contributed by atoms with van der Waals surface area (Å²) >= 11 is 12.3. The molecule has 0 aliphatic rings. The number of halogens is 2. The van der Waals surface area contributed by atoms with Crippen molar-refractivity contribution in [1.82, 2.24) is 9.88 Å². The predicted molar refractivity (Wildman–Crippen MR) is 120 cm³/mol. The van der Waals surface area contributed by atoms with Gasteiger partial charge in [-0.2, -0.15) is 0 Å². The molecule has 0 aliphatic carbocycles. The molecule has 3 aromatic rings. The van der Waals surface area contributed by atoms with E-state index in [1.165, 1.54) is 5.56 Å². The largest absolute Gasteiger partial charge is 0.332 e. The van der Waals surface area contributed by atoms with Crippen molar-refractivity contribution in [3.8, 4) is 0 Å². The first-order valence-corrected chi connectivity index (χ1v) is 10.5. The van der Waals surface area contributed by atoms with E-state index in [-0.39, 0.29) is 5.91 Å². The van der Waals surface area contributed by atoms with Crippen LogP contribution in [-0.2, 0) is 19.4 Å². The fourth-order valence-electron chi connectivity index (χ4n) is 3.18. The summed E-state index contributed by atoms with van der Waals surface area (Å²) < 4.78 is 0. The average Bonchev–Trinajstić information content (AvgIpc) is 2.72. The monoisotopic (exact) mass is 426 g/mol. The average molecular weight is 427 g/mol. The van der Waals surface area contributed by atoms with Crippen LogP contribution in [0, 0.1) is 6.92 Å². The number of aryl methyl sites for hydroxylation is 2. The second-order valence-electron chi connectivity index (χ2n) is 7.03. The molecule has 0 fully saturated rings. The molecule has 0 spiro atoms. The van der Waals surface area contributed by atoms with E-state index >= 15 is 0 Å². The Morgan fingerprint density at radius 2 is 1.79 bits per heavy atom. The summed E-state index contributed by atoms with van der Waals surface area (Å²) in [4.78, 5) is 19.6. The van der Waals surface area contributed by atoms with Crippen LogP contribution in [0.2, 0.25) is 10.0 Å². The van der Waals surface area contributed by atoms with Crippen LogP contribution in [0.5, 0.6) is 0 Å². The molecular weight excluding hydrogens is 403 g/mol. The van der Waals surface area contributed by atoms with Crippen LogP contribution in [0.4, 0.5) is 0 Å². The van der Waals surface area contributed by atoms with Gasteiger partial charge >= 0.3 is 0 Å². The summed E-state index contributed by atoms with van der Waals surface area (Å²) in [5.41, 5.74) is 4.65. The van der Waals surface area contributed by atoms with Crippen LogP contribution in [0.3, 0.4) is 0 Å². The summed E-state index contributed by atoms with van der Waals surface area (Å²) in [5.74, 6) is -0.0129. The van der Waals surface area contributed by atoms with E-state index in [1.54, 1.807) is 6.07 Å². The number of benzene rings is 2. The topological polar surface area (TPSA) is 33.2 Å². The summed E-state index contributed by atoms with van der Waals surface area (Å²) in [7, 11) is 0. The normalized spacial score (nSPS) is 10.8. The van der Waals surface area contributed by atoms with Crippen molar-refractivity contribution in [2.24, 2.45) is 0 Å². The molecule has 29 heavy (non-hydrogen) atoms. The van der Waals surface area contributed by atoms with Gasteiger partial charge in [0.05, 0.1) is 12.2 Å². The first-order valence-electron chi connectivity index (χ1n) is 9.71. The maximum atomic E-state index is 13.2. The van der Waals surface area contributed by atoms with Gasteiger partial charge in [-0.15, -0.1) is 0 Å². The zero-order valence-corrected chi connectivity index (χ0v) is 18.2. The number of pyridine rings is 1. The Kier molecular flexibility index (Phi) is 7.29. The first kappa shape index (κ1) is 21.4. The van der Waals surface area contributed by atoms with Crippen molar-refractivity contribution in [2.75, 3.05) is 6.54 Å². The quantitative estimate of drug-likeness (QED) is 0.454. The van der Waals surface area contributed by atoms with Gasteiger partial charge in [0.15, 0.2) is 0 Å². The summed E-state index contributed by atoms with van der Waals surface area (Å²) in [5, 5.41) is 1.22. The molecule has 0 atom stereocenters. The smallest absolute Gasteiger partial charge is 0.254 e. The van der Waals surface area contributed by atoms with Crippen molar-refractivity contribution in [1.29, 1.82) is 0 Å². The standard InChI is InChI=1S/C24H24Cl2N2O/c1-3-18-7-9-20(10-8-18)24(29)28(16-22-6-4-5-17(2)27-22)14-13-19-11-12-21(25)15-23(19)26/h4-12,15H,3,13-14,16H2,1-2H3. The van der Waals surface area contributed by atoms with E-state index in [2.05, 4.69) is 11.9 Å². The van der Waals surface area contributed by atoms with Crippen molar-refractivity contribution >= 4 is 29.1 Å². The molecule has 5 heteroatoms. The highest BCUT2D eigenvalue weighted by Gasteiger charge is 2.17.